The Morgan fingerprint density at radius 1 is 1.04 bits per heavy atom. The average Bonchev–Trinajstić information content (AvgIpc) is 2.69. The number of carboxylic acids is 1. The van der Waals surface area contributed by atoms with Gasteiger partial charge in [-0.3, -0.25) is 9.59 Å². The predicted octanol–water partition coefficient (Wildman–Crippen LogP) is 3.17. The molecule has 0 saturated carbocycles. The minimum absolute atomic E-state index is 0.137. The molecule has 0 heterocycles. The summed E-state index contributed by atoms with van der Waals surface area (Å²) in [5.74, 6) is -2.45. The zero-order valence-corrected chi connectivity index (χ0v) is 16.0. The molecule has 0 aliphatic rings. The Labute approximate surface area is 163 Å². The summed E-state index contributed by atoms with van der Waals surface area (Å²) in [7, 11) is 0. The van der Waals surface area contributed by atoms with Crippen LogP contribution in [0.2, 0.25) is 0 Å². The van der Waals surface area contributed by atoms with Crippen molar-refractivity contribution in [3.63, 3.8) is 0 Å². The molecule has 0 aliphatic carbocycles. The second kappa shape index (κ2) is 9.12. The minimum Gasteiger partial charge on any atom is -0.479 e. The Morgan fingerprint density at radius 2 is 1.61 bits per heavy atom. The fourth-order valence-corrected chi connectivity index (χ4v) is 2.81. The van der Waals surface area contributed by atoms with Crippen LogP contribution < -0.4 is 5.32 Å². The first-order chi connectivity index (χ1) is 13.3. The first-order valence-electron chi connectivity index (χ1n) is 8.97. The maximum atomic E-state index is 13.4. The third-order valence-electron chi connectivity index (χ3n) is 4.48. The van der Waals surface area contributed by atoms with Gasteiger partial charge in [0.15, 0.2) is 6.04 Å². The van der Waals surface area contributed by atoms with Crippen LogP contribution >= 0.6 is 0 Å². The van der Waals surface area contributed by atoms with E-state index in [2.05, 4.69) is 5.32 Å². The quantitative estimate of drug-likeness (QED) is 0.765. The summed E-state index contributed by atoms with van der Waals surface area (Å²) >= 11 is 0. The number of nitrogens with one attached hydrogen (secondary N) is 1. The van der Waals surface area contributed by atoms with Crippen LogP contribution in [0.15, 0.2) is 42.5 Å². The van der Waals surface area contributed by atoms with Crippen molar-refractivity contribution in [1.29, 1.82) is 0 Å². The van der Waals surface area contributed by atoms with E-state index in [1.807, 2.05) is 13.8 Å². The molecule has 0 aromatic heterocycles. The van der Waals surface area contributed by atoms with E-state index in [9.17, 15) is 23.9 Å². The monoisotopic (exact) mass is 386 g/mol. The first kappa shape index (κ1) is 21.1. The highest BCUT2D eigenvalue weighted by atomic mass is 19.1. The third kappa shape index (κ3) is 4.73. The lowest BCUT2D eigenvalue weighted by molar-refractivity contribution is -0.139. The molecule has 2 amide bonds. The van der Waals surface area contributed by atoms with Crippen LogP contribution in [0.3, 0.4) is 0 Å². The van der Waals surface area contributed by atoms with Crippen LogP contribution in [0.1, 0.15) is 51.7 Å². The van der Waals surface area contributed by atoms with Gasteiger partial charge in [0.2, 0.25) is 0 Å². The summed E-state index contributed by atoms with van der Waals surface area (Å²) in [6.45, 7) is 6.44. The number of carboxylic acid groups (broad SMARTS) is 1. The normalized spacial score (nSPS) is 11.6. The van der Waals surface area contributed by atoms with Crippen molar-refractivity contribution in [3.8, 4) is 0 Å². The largest absolute Gasteiger partial charge is 0.479 e. The molecule has 0 aliphatic heterocycles. The number of rotatable bonds is 7. The predicted molar refractivity (Wildman–Crippen MR) is 103 cm³/mol. The van der Waals surface area contributed by atoms with Gasteiger partial charge in [-0.15, -0.1) is 0 Å². The van der Waals surface area contributed by atoms with E-state index >= 15 is 0 Å². The van der Waals surface area contributed by atoms with Crippen molar-refractivity contribution in [2.45, 2.75) is 26.8 Å². The minimum atomic E-state index is -1.32. The molecule has 0 saturated heterocycles. The molecule has 28 heavy (non-hydrogen) atoms. The summed E-state index contributed by atoms with van der Waals surface area (Å²) in [6, 6.07) is 8.58. The van der Waals surface area contributed by atoms with Crippen molar-refractivity contribution in [2.24, 2.45) is 0 Å². The SMILES string of the molecule is CCN(CC)C(=O)c1ccc(C(=O)NC(C(=O)O)c2ccc(F)c(C)c2)cc1. The van der Waals surface area contributed by atoms with Crippen LogP contribution in [0.4, 0.5) is 4.39 Å². The Hall–Kier alpha value is -3.22. The van der Waals surface area contributed by atoms with Crippen molar-refractivity contribution < 1.29 is 23.9 Å². The lowest BCUT2D eigenvalue weighted by Crippen LogP contribution is -2.34. The molecule has 0 fully saturated rings. The molecule has 6 nitrogen and oxygen atoms in total. The number of amides is 2. The number of carbonyl (C=O) groups excluding carboxylic acids is 2. The molecule has 2 aromatic rings. The van der Waals surface area contributed by atoms with Gasteiger partial charge in [-0.1, -0.05) is 12.1 Å². The van der Waals surface area contributed by atoms with Crippen LogP contribution in [-0.2, 0) is 4.79 Å². The Kier molecular flexibility index (Phi) is 6.87. The van der Waals surface area contributed by atoms with Crippen molar-refractivity contribution >= 4 is 17.8 Å². The average molecular weight is 386 g/mol. The van der Waals surface area contributed by atoms with E-state index in [4.69, 9.17) is 0 Å². The molecule has 0 radical (unpaired) electrons. The summed E-state index contributed by atoms with van der Waals surface area (Å²) < 4.78 is 13.4. The van der Waals surface area contributed by atoms with Crippen LogP contribution in [-0.4, -0.2) is 40.9 Å². The zero-order valence-electron chi connectivity index (χ0n) is 16.0. The highest BCUT2D eigenvalue weighted by Crippen LogP contribution is 2.18. The van der Waals surface area contributed by atoms with Crippen LogP contribution in [0.25, 0.3) is 0 Å². The van der Waals surface area contributed by atoms with Crippen LogP contribution in [0, 0.1) is 12.7 Å². The number of aryl methyl sites for hydroxylation is 1. The number of aliphatic carboxylic acids is 1. The maximum absolute atomic E-state index is 13.4. The summed E-state index contributed by atoms with van der Waals surface area (Å²) in [5.41, 5.74) is 1.23. The van der Waals surface area contributed by atoms with Gasteiger partial charge in [0, 0.05) is 24.2 Å². The highest BCUT2D eigenvalue weighted by molar-refractivity contribution is 5.99. The number of carbonyl (C=O) groups is 3. The molecule has 1 atom stereocenters. The molecule has 2 aromatic carbocycles. The van der Waals surface area contributed by atoms with E-state index in [-0.39, 0.29) is 22.6 Å². The maximum Gasteiger partial charge on any atom is 0.330 e. The summed E-state index contributed by atoms with van der Waals surface area (Å²) in [6.07, 6.45) is 0. The molecule has 0 bridgehead atoms. The van der Waals surface area contributed by atoms with E-state index in [0.29, 0.717) is 18.7 Å². The molecule has 2 rings (SSSR count). The van der Waals surface area contributed by atoms with Gasteiger partial charge in [0.1, 0.15) is 5.82 Å². The van der Waals surface area contributed by atoms with Gasteiger partial charge < -0.3 is 15.3 Å². The molecule has 0 spiro atoms. The van der Waals surface area contributed by atoms with Crippen molar-refractivity contribution in [3.05, 3.63) is 70.5 Å². The molecule has 1 unspecified atom stereocenters. The Bertz CT molecular complexity index is 876. The standard InChI is InChI=1S/C21H23FN2O4/c1-4-24(5-2)20(26)15-8-6-14(7-9-15)19(25)23-18(21(27)28)16-10-11-17(22)13(3)12-16/h6-12,18H,4-5H2,1-3H3,(H,23,25)(H,27,28). The highest BCUT2D eigenvalue weighted by Gasteiger charge is 2.23. The van der Waals surface area contributed by atoms with Crippen LogP contribution in [0.5, 0.6) is 0 Å². The smallest absolute Gasteiger partial charge is 0.330 e. The Morgan fingerprint density at radius 3 is 2.11 bits per heavy atom. The van der Waals surface area contributed by atoms with Crippen molar-refractivity contribution in [2.75, 3.05) is 13.1 Å². The van der Waals surface area contributed by atoms with Crippen molar-refractivity contribution in [1.82, 2.24) is 10.2 Å². The second-order valence-electron chi connectivity index (χ2n) is 6.31. The molecule has 2 N–H and O–H groups in total. The molecule has 148 valence electrons. The van der Waals surface area contributed by atoms with Gasteiger partial charge in [0.05, 0.1) is 0 Å². The van der Waals surface area contributed by atoms with E-state index in [1.54, 1.807) is 4.90 Å². The molecular weight excluding hydrogens is 363 g/mol. The lowest BCUT2D eigenvalue weighted by Gasteiger charge is -2.19. The number of halogens is 1. The van der Waals surface area contributed by atoms with Gasteiger partial charge in [-0.05, 0) is 62.2 Å². The van der Waals surface area contributed by atoms with E-state index < -0.39 is 23.7 Å². The lowest BCUT2D eigenvalue weighted by atomic mass is 10.0. The fourth-order valence-electron chi connectivity index (χ4n) is 2.81. The van der Waals surface area contributed by atoms with E-state index in [1.165, 1.54) is 49.4 Å². The topological polar surface area (TPSA) is 86.7 Å². The third-order valence-corrected chi connectivity index (χ3v) is 4.48. The van der Waals surface area contributed by atoms with Gasteiger partial charge in [0.25, 0.3) is 11.8 Å². The number of benzene rings is 2. The Balaban J connectivity index is 2.19. The fraction of sp³-hybridized carbons (Fsp3) is 0.286. The molecule has 7 heteroatoms. The number of nitrogens with zero attached hydrogens (tertiary/aromatic N) is 1. The first-order valence-corrected chi connectivity index (χ1v) is 8.97. The van der Waals surface area contributed by atoms with Gasteiger partial charge in [-0.2, -0.15) is 0 Å². The number of hydrogen-bond donors (Lipinski definition) is 2. The summed E-state index contributed by atoms with van der Waals surface area (Å²) in [5, 5.41) is 11.9. The second-order valence-corrected chi connectivity index (χ2v) is 6.31. The van der Waals surface area contributed by atoms with Gasteiger partial charge >= 0.3 is 5.97 Å². The number of hydrogen-bond acceptors (Lipinski definition) is 3. The summed E-state index contributed by atoms with van der Waals surface area (Å²) in [4.78, 5) is 38.0. The molecular formula is C21H23FN2O4. The zero-order chi connectivity index (χ0) is 20.8. The van der Waals surface area contributed by atoms with E-state index in [0.717, 1.165) is 0 Å². The van der Waals surface area contributed by atoms with Gasteiger partial charge in [-0.25, -0.2) is 9.18 Å².